The number of nitrogens with one attached hydrogen (secondary N) is 1. The average molecular weight is 257 g/mol. The third-order valence-electron chi connectivity index (χ3n) is 2.29. The van der Waals surface area contributed by atoms with Gasteiger partial charge in [0.15, 0.2) is 0 Å². The maximum atomic E-state index is 11.6. The van der Waals surface area contributed by atoms with E-state index < -0.39 is 0 Å². The minimum absolute atomic E-state index is 0.338. The fraction of sp³-hybridized carbons (Fsp3) is 0.636. The Balaban J connectivity index is 2.53. The summed E-state index contributed by atoms with van der Waals surface area (Å²) in [6.45, 7) is 3.41. The SMILES string of the molecule is CCOC(=O)c1cnn(C)c1CNOCCOC. The molecule has 0 aliphatic heterocycles. The molecular weight excluding hydrogens is 238 g/mol. The van der Waals surface area contributed by atoms with Crippen molar-refractivity contribution in [2.45, 2.75) is 13.5 Å². The predicted molar refractivity (Wildman–Crippen MR) is 63.8 cm³/mol. The molecule has 1 heterocycles. The zero-order chi connectivity index (χ0) is 13.4. The molecule has 0 amide bonds. The highest BCUT2D eigenvalue weighted by atomic mass is 16.7. The Hall–Kier alpha value is -1.44. The van der Waals surface area contributed by atoms with Gasteiger partial charge in [-0.2, -0.15) is 10.6 Å². The van der Waals surface area contributed by atoms with Crippen LogP contribution in [-0.2, 0) is 27.9 Å². The van der Waals surface area contributed by atoms with Crippen molar-refractivity contribution in [1.82, 2.24) is 15.3 Å². The van der Waals surface area contributed by atoms with Crippen LogP contribution in [0.4, 0.5) is 0 Å². The first-order valence-electron chi connectivity index (χ1n) is 5.72. The van der Waals surface area contributed by atoms with Gasteiger partial charge in [-0.3, -0.25) is 9.52 Å². The van der Waals surface area contributed by atoms with Gasteiger partial charge in [0.05, 0.1) is 38.3 Å². The highest BCUT2D eigenvalue weighted by molar-refractivity contribution is 5.90. The molecule has 0 radical (unpaired) electrons. The van der Waals surface area contributed by atoms with E-state index in [1.807, 2.05) is 0 Å². The largest absolute Gasteiger partial charge is 0.462 e. The van der Waals surface area contributed by atoms with Gasteiger partial charge < -0.3 is 9.47 Å². The van der Waals surface area contributed by atoms with E-state index in [2.05, 4.69) is 10.6 Å². The van der Waals surface area contributed by atoms with Crippen LogP contribution >= 0.6 is 0 Å². The molecule has 1 rings (SSSR count). The lowest BCUT2D eigenvalue weighted by Crippen LogP contribution is -2.20. The number of carbonyl (C=O) groups excluding carboxylic acids is 1. The number of hydrogen-bond acceptors (Lipinski definition) is 6. The predicted octanol–water partition coefficient (Wildman–Crippen LogP) is 0.264. The smallest absolute Gasteiger partial charge is 0.341 e. The molecule has 1 aromatic heterocycles. The zero-order valence-corrected chi connectivity index (χ0v) is 10.9. The van der Waals surface area contributed by atoms with Gasteiger partial charge in [-0.05, 0) is 6.92 Å². The van der Waals surface area contributed by atoms with E-state index in [0.717, 1.165) is 0 Å². The van der Waals surface area contributed by atoms with Crippen LogP contribution in [0.2, 0.25) is 0 Å². The molecule has 0 saturated heterocycles. The van der Waals surface area contributed by atoms with Crippen LogP contribution in [0.1, 0.15) is 23.0 Å². The molecule has 0 fully saturated rings. The molecular formula is C11H19N3O4. The number of rotatable bonds is 8. The number of nitrogens with zero attached hydrogens (tertiary/aromatic N) is 2. The number of hydroxylamine groups is 1. The van der Waals surface area contributed by atoms with Gasteiger partial charge in [0.25, 0.3) is 0 Å². The number of aryl methyl sites for hydroxylation is 1. The highest BCUT2D eigenvalue weighted by Gasteiger charge is 2.16. The third-order valence-corrected chi connectivity index (χ3v) is 2.29. The van der Waals surface area contributed by atoms with Crippen molar-refractivity contribution in [3.63, 3.8) is 0 Å². The van der Waals surface area contributed by atoms with Crippen molar-refractivity contribution in [3.8, 4) is 0 Å². The molecule has 0 saturated carbocycles. The fourth-order valence-corrected chi connectivity index (χ4v) is 1.37. The minimum atomic E-state index is -0.376. The van der Waals surface area contributed by atoms with Gasteiger partial charge in [-0.15, -0.1) is 0 Å². The topological polar surface area (TPSA) is 74.6 Å². The summed E-state index contributed by atoms with van der Waals surface area (Å²) in [5.41, 5.74) is 3.91. The van der Waals surface area contributed by atoms with E-state index in [9.17, 15) is 4.79 Å². The van der Waals surface area contributed by atoms with Crippen molar-refractivity contribution in [2.24, 2.45) is 7.05 Å². The summed E-state index contributed by atoms with van der Waals surface area (Å²) >= 11 is 0. The second-order valence-corrected chi connectivity index (χ2v) is 3.51. The molecule has 0 unspecified atom stereocenters. The summed E-state index contributed by atoms with van der Waals surface area (Å²) in [6.07, 6.45) is 1.49. The summed E-state index contributed by atoms with van der Waals surface area (Å²) in [6, 6.07) is 0. The molecule has 18 heavy (non-hydrogen) atoms. The molecule has 0 aromatic carbocycles. The maximum absolute atomic E-state index is 11.6. The number of carbonyl (C=O) groups is 1. The second-order valence-electron chi connectivity index (χ2n) is 3.51. The molecule has 7 heteroatoms. The lowest BCUT2D eigenvalue weighted by Gasteiger charge is -2.08. The van der Waals surface area contributed by atoms with Crippen LogP contribution in [-0.4, -0.2) is 42.7 Å². The highest BCUT2D eigenvalue weighted by Crippen LogP contribution is 2.09. The maximum Gasteiger partial charge on any atom is 0.341 e. The number of esters is 1. The first-order chi connectivity index (χ1) is 8.70. The summed E-state index contributed by atoms with van der Waals surface area (Å²) in [7, 11) is 3.36. The van der Waals surface area contributed by atoms with Crippen molar-refractivity contribution >= 4 is 5.97 Å². The molecule has 0 aliphatic rings. The molecule has 7 nitrogen and oxygen atoms in total. The number of methoxy groups -OCH3 is 1. The second kappa shape index (κ2) is 7.80. The molecule has 1 N–H and O–H groups in total. The lowest BCUT2D eigenvalue weighted by atomic mass is 10.2. The van der Waals surface area contributed by atoms with Crippen LogP contribution in [0.5, 0.6) is 0 Å². The van der Waals surface area contributed by atoms with Crippen molar-refractivity contribution < 1.29 is 19.1 Å². The summed E-state index contributed by atoms with van der Waals surface area (Å²) < 4.78 is 11.4. The van der Waals surface area contributed by atoms with Crippen LogP contribution in [0.3, 0.4) is 0 Å². The monoisotopic (exact) mass is 257 g/mol. The standard InChI is InChI=1S/C11H19N3O4/c1-4-17-11(15)9-7-12-14(2)10(9)8-13-18-6-5-16-3/h7,13H,4-6,8H2,1-3H3. The van der Waals surface area contributed by atoms with E-state index in [0.29, 0.717) is 37.6 Å². The van der Waals surface area contributed by atoms with E-state index in [-0.39, 0.29) is 5.97 Å². The Morgan fingerprint density at radius 1 is 1.50 bits per heavy atom. The van der Waals surface area contributed by atoms with Crippen LogP contribution in [0.15, 0.2) is 6.20 Å². The summed E-state index contributed by atoms with van der Waals surface area (Å²) in [4.78, 5) is 16.8. The molecule has 1 aromatic rings. The van der Waals surface area contributed by atoms with Gasteiger partial charge in [0, 0.05) is 14.2 Å². The first kappa shape index (κ1) is 14.6. The van der Waals surface area contributed by atoms with Crippen molar-refractivity contribution in [3.05, 3.63) is 17.5 Å². The molecule has 0 aliphatic carbocycles. The van der Waals surface area contributed by atoms with Gasteiger partial charge in [0.1, 0.15) is 5.56 Å². The van der Waals surface area contributed by atoms with Crippen molar-refractivity contribution in [1.29, 1.82) is 0 Å². The Morgan fingerprint density at radius 3 is 2.94 bits per heavy atom. The average Bonchev–Trinajstić information content (AvgIpc) is 2.71. The van der Waals surface area contributed by atoms with E-state index in [1.165, 1.54) is 6.20 Å². The Kier molecular flexibility index (Phi) is 6.34. The van der Waals surface area contributed by atoms with Gasteiger partial charge >= 0.3 is 5.97 Å². The number of aromatic nitrogens is 2. The lowest BCUT2D eigenvalue weighted by molar-refractivity contribution is 0.00236. The normalized spacial score (nSPS) is 10.6. The van der Waals surface area contributed by atoms with E-state index >= 15 is 0 Å². The first-order valence-corrected chi connectivity index (χ1v) is 5.72. The van der Waals surface area contributed by atoms with Crippen molar-refractivity contribution in [2.75, 3.05) is 26.9 Å². The van der Waals surface area contributed by atoms with Crippen LogP contribution in [0.25, 0.3) is 0 Å². The number of hydrogen-bond donors (Lipinski definition) is 1. The van der Waals surface area contributed by atoms with Crippen LogP contribution in [0, 0.1) is 0 Å². The van der Waals surface area contributed by atoms with Crippen LogP contribution < -0.4 is 5.48 Å². The molecule has 0 bridgehead atoms. The zero-order valence-electron chi connectivity index (χ0n) is 10.9. The van der Waals surface area contributed by atoms with Gasteiger partial charge in [0.2, 0.25) is 0 Å². The third kappa shape index (κ3) is 4.10. The summed E-state index contributed by atoms with van der Waals surface area (Å²) in [5.74, 6) is -0.376. The molecule has 0 spiro atoms. The molecule has 0 atom stereocenters. The Labute approximate surface area is 106 Å². The van der Waals surface area contributed by atoms with E-state index in [4.69, 9.17) is 14.3 Å². The van der Waals surface area contributed by atoms with Gasteiger partial charge in [-0.25, -0.2) is 4.79 Å². The fourth-order valence-electron chi connectivity index (χ4n) is 1.37. The Morgan fingerprint density at radius 2 is 2.28 bits per heavy atom. The quantitative estimate of drug-likeness (QED) is 0.409. The summed E-state index contributed by atoms with van der Waals surface area (Å²) in [5, 5.41) is 4.03. The molecule has 102 valence electrons. The minimum Gasteiger partial charge on any atom is -0.462 e. The Bertz CT molecular complexity index is 378. The number of ether oxygens (including phenoxy) is 2. The van der Waals surface area contributed by atoms with Gasteiger partial charge in [-0.1, -0.05) is 0 Å². The van der Waals surface area contributed by atoms with E-state index in [1.54, 1.807) is 25.8 Å².